The highest BCUT2D eigenvalue weighted by Crippen LogP contribution is 2.25. The van der Waals surface area contributed by atoms with Crippen molar-refractivity contribution < 1.29 is 10.0 Å². The fourth-order valence-corrected chi connectivity index (χ4v) is 2.53. The van der Waals surface area contributed by atoms with Gasteiger partial charge in [-0.1, -0.05) is 29.3 Å². The van der Waals surface area contributed by atoms with Crippen LogP contribution in [0.3, 0.4) is 0 Å². The minimum Gasteiger partial charge on any atom is -0.409 e. The SMILES string of the molecule is Cc1ccc(NC(=O)NC2CCCC2C(N)=NO)cc1. The van der Waals surface area contributed by atoms with E-state index >= 15 is 0 Å². The van der Waals surface area contributed by atoms with Crippen molar-refractivity contribution in [3.8, 4) is 0 Å². The molecule has 6 heteroatoms. The van der Waals surface area contributed by atoms with Gasteiger partial charge in [-0.05, 0) is 31.9 Å². The van der Waals surface area contributed by atoms with Crippen LogP contribution in [0.2, 0.25) is 0 Å². The van der Waals surface area contributed by atoms with Crippen molar-refractivity contribution in [1.82, 2.24) is 5.32 Å². The second kappa shape index (κ2) is 6.27. The number of anilines is 1. The number of hydrogen-bond donors (Lipinski definition) is 4. The van der Waals surface area contributed by atoms with Crippen LogP contribution >= 0.6 is 0 Å². The number of carbonyl (C=O) groups excluding carboxylic acids is 1. The second-order valence-electron chi connectivity index (χ2n) is 5.13. The molecule has 0 aliphatic heterocycles. The number of aryl methyl sites for hydroxylation is 1. The van der Waals surface area contributed by atoms with Gasteiger partial charge in [0.1, 0.15) is 5.84 Å². The highest BCUT2D eigenvalue weighted by molar-refractivity contribution is 5.90. The van der Waals surface area contributed by atoms with Crippen LogP contribution in [0.1, 0.15) is 24.8 Å². The summed E-state index contributed by atoms with van der Waals surface area (Å²) in [5.74, 6) is 0.0897. The Morgan fingerprint density at radius 2 is 2.05 bits per heavy atom. The average Bonchev–Trinajstić information content (AvgIpc) is 2.88. The van der Waals surface area contributed by atoms with E-state index in [2.05, 4.69) is 15.8 Å². The molecular formula is C14H20N4O2. The van der Waals surface area contributed by atoms with Crippen LogP contribution in [-0.4, -0.2) is 23.1 Å². The molecule has 1 aromatic carbocycles. The lowest BCUT2D eigenvalue weighted by Crippen LogP contribution is -2.44. The Morgan fingerprint density at radius 1 is 1.35 bits per heavy atom. The monoisotopic (exact) mass is 276 g/mol. The molecule has 1 saturated carbocycles. The number of benzene rings is 1. The van der Waals surface area contributed by atoms with Crippen LogP contribution in [0.15, 0.2) is 29.4 Å². The molecule has 0 spiro atoms. The summed E-state index contributed by atoms with van der Waals surface area (Å²) in [5.41, 5.74) is 7.52. The standard InChI is InChI=1S/C14H20N4O2/c1-9-5-7-10(8-6-9)16-14(19)17-12-4-2-3-11(12)13(15)18-20/h5-8,11-12,20H,2-4H2,1H3,(H2,15,18)(H2,16,17,19). The molecule has 2 rings (SSSR count). The first-order valence-electron chi connectivity index (χ1n) is 6.71. The molecule has 0 saturated heterocycles. The lowest BCUT2D eigenvalue weighted by molar-refractivity contribution is 0.247. The maximum atomic E-state index is 11.9. The number of hydrogen-bond acceptors (Lipinski definition) is 3. The molecule has 108 valence electrons. The lowest BCUT2D eigenvalue weighted by atomic mass is 10.0. The van der Waals surface area contributed by atoms with Crippen molar-refractivity contribution in [3.63, 3.8) is 0 Å². The molecule has 5 N–H and O–H groups in total. The molecule has 1 aromatic rings. The molecule has 2 amide bonds. The van der Waals surface area contributed by atoms with Gasteiger partial charge in [0.2, 0.25) is 0 Å². The van der Waals surface area contributed by atoms with Gasteiger partial charge < -0.3 is 21.6 Å². The number of nitrogens with one attached hydrogen (secondary N) is 2. The third-order valence-electron chi connectivity index (χ3n) is 3.64. The van der Waals surface area contributed by atoms with E-state index in [9.17, 15) is 4.79 Å². The fourth-order valence-electron chi connectivity index (χ4n) is 2.53. The first-order valence-corrected chi connectivity index (χ1v) is 6.71. The number of carbonyl (C=O) groups is 1. The van der Waals surface area contributed by atoms with Gasteiger partial charge >= 0.3 is 6.03 Å². The third kappa shape index (κ3) is 3.40. The van der Waals surface area contributed by atoms with Gasteiger partial charge in [0, 0.05) is 17.6 Å². The van der Waals surface area contributed by atoms with E-state index in [0.717, 1.165) is 30.5 Å². The number of amidine groups is 1. The zero-order valence-electron chi connectivity index (χ0n) is 11.5. The van der Waals surface area contributed by atoms with Crippen LogP contribution in [0.4, 0.5) is 10.5 Å². The van der Waals surface area contributed by atoms with Gasteiger partial charge in [-0.15, -0.1) is 0 Å². The maximum Gasteiger partial charge on any atom is 0.319 e. The summed E-state index contributed by atoms with van der Waals surface area (Å²) in [7, 11) is 0. The van der Waals surface area contributed by atoms with Crippen LogP contribution in [0.5, 0.6) is 0 Å². The summed E-state index contributed by atoms with van der Waals surface area (Å²) >= 11 is 0. The molecule has 0 radical (unpaired) electrons. The maximum absolute atomic E-state index is 11.9. The molecule has 20 heavy (non-hydrogen) atoms. The van der Waals surface area contributed by atoms with Gasteiger partial charge in [-0.25, -0.2) is 4.79 Å². The van der Waals surface area contributed by atoms with E-state index in [4.69, 9.17) is 10.9 Å². The molecule has 1 fully saturated rings. The zero-order chi connectivity index (χ0) is 14.5. The Bertz CT molecular complexity index is 498. The molecule has 0 bridgehead atoms. The summed E-state index contributed by atoms with van der Waals surface area (Å²) in [5, 5.41) is 17.5. The zero-order valence-corrected chi connectivity index (χ0v) is 11.5. The normalized spacial score (nSPS) is 22.6. The number of urea groups is 1. The van der Waals surface area contributed by atoms with Crippen molar-refractivity contribution in [2.24, 2.45) is 16.8 Å². The minimum atomic E-state index is -0.267. The van der Waals surface area contributed by atoms with Crippen LogP contribution in [0.25, 0.3) is 0 Å². The van der Waals surface area contributed by atoms with Gasteiger partial charge in [0.05, 0.1) is 0 Å². The number of rotatable bonds is 3. The molecule has 6 nitrogen and oxygen atoms in total. The second-order valence-corrected chi connectivity index (χ2v) is 5.13. The predicted molar refractivity (Wildman–Crippen MR) is 77.9 cm³/mol. The Labute approximate surface area is 118 Å². The quantitative estimate of drug-likeness (QED) is 0.294. The van der Waals surface area contributed by atoms with Crippen molar-refractivity contribution in [2.45, 2.75) is 32.2 Å². The van der Waals surface area contributed by atoms with Crippen molar-refractivity contribution in [1.29, 1.82) is 0 Å². The van der Waals surface area contributed by atoms with E-state index in [1.54, 1.807) is 0 Å². The van der Waals surface area contributed by atoms with Crippen molar-refractivity contribution >= 4 is 17.6 Å². The topological polar surface area (TPSA) is 99.7 Å². The Morgan fingerprint density at radius 3 is 2.70 bits per heavy atom. The van der Waals surface area contributed by atoms with E-state index in [0.29, 0.717) is 0 Å². The Kier molecular flexibility index (Phi) is 4.45. The van der Waals surface area contributed by atoms with Crippen LogP contribution in [0, 0.1) is 12.8 Å². The average molecular weight is 276 g/mol. The first kappa shape index (κ1) is 14.2. The molecular weight excluding hydrogens is 256 g/mol. The molecule has 1 aliphatic rings. The summed E-state index contributed by atoms with van der Waals surface area (Å²) in [6.45, 7) is 1.99. The van der Waals surface area contributed by atoms with Gasteiger partial charge in [-0.2, -0.15) is 0 Å². The summed E-state index contributed by atoms with van der Waals surface area (Å²) in [4.78, 5) is 11.9. The van der Waals surface area contributed by atoms with Gasteiger partial charge in [0.25, 0.3) is 0 Å². The minimum absolute atomic E-state index is 0.0867. The Balaban J connectivity index is 1.92. The number of nitrogens with zero attached hydrogens (tertiary/aromatic N) is 1. The third-order valence-corrected chi connectivity index (χ3v) is 3.64. The lowest BCUT2D eigenvalue weighted by Gasteiger charge is -2.20. The summed E-state index contributed by atoms with van der Waals surface area (Å²) in [6, 6.07) is 7.22. The van der Waals surface area contributed by atoms with E-state index in [1.807, 2.05) is 31.2 Å². The Hall–Kier alpha value is -2.24. The number of oxime groups is 1. The molecule has 0 aromatic heterocycles. The van der Waals surface area contributed by atoms with E-state index < -0.39 is 0 Å². The fraction of sp³-hybridized carbons (Fsp3) is 0.429. The van der Waals surface area contributed by atoms with Gasteiger partial charge in [0.15, 0.2) is 0 Å². The highest BCUT2D eigenvalue weighted by Gasteiger charge is 2.31. The molecule has 0 heterocycles. The van der Waals surface area contributed by atoms with E-state index in [1.165, 1.54) is 0 Å². The van der Waals surface area contributed by atoms with Crippen molar-refractivity contribution in [3.05, 3.63) is 29.8 Å². The molecule has 1 aliphatic carbocycles. The van der Waals surface area contributed by atoms with Crippen LogP contribution in [-0.2, 0) is 0 Å². The first-order chi connectivity index (χ1) is 9.60. The largest absolute Gasteiger partial charge is 0.409 e. The number of nitrogens with two attached hydrogens (primary N) is 1. The van der Waals surface area contributed by atoms with Gasteiger partial charge in [-0.3, -0.25) is 0 Å². The smallest absolute Gasteiger partial charge is 0.319 e. The van der Waals surface area contributed by atoms with Crippen molar-refractivity contribution in [2.75, 3.05) is 5.32 Å². The summed E-state index contributed by atoms with van der Waals surface area (Å²) < 4.78 is 0. The molecule has 2 atom stereocenters. The predicted octanol–water partition coefficient (Wildman–Crippen LogP) is 2.03. The highest BCUT2D eigenvalue weighted by atomic mass is 16.4. The number of amides is 2. The summed E-state index contributed by atoms with van der Waals surface area (Å²) in [6.07, 6.45) is 2.62. The van der Waals surface area contributed by atoms with E-state index in [-0.39, 0.29) is 23.8 Å². The van der Waals surface area contributed by atoms with Crippen LogP contribution < -0.4 is 16.4 Å². The molecule has 2 unspecified atom stereocenters.